The van der Waals surface area contributed by atoms with Gasteiger partial charge in [-0.2, -0.15) is 10.2 Å². The lowest BCUT2D eigenvalue weighted by Gasteiger charge is -2.46. The van der Waals surface area contributed by atoms with Gasteiger partial charge in [0.25, 0.3) is 0 Å². The van der Waals surface area contributed by atoms with Gasteiger partial charge in [-0.3, -0.25) is 14.9 Å². The van der Waals surface area contributed by atoms with Gasteiger partial charge in [0.15, 0.2) is 0 Å². The number of nitrogens with zero attached hydrogens (tertiary/aromatic N) is 8. The minimum Gasteiger partial charge on any atom is -0.355 e. The third kappa shape index (κ3) is 3.71. The summed E-state index contributed by atoms with van der Waals surface area (Å²) in [5.41, 5.74) is 4.94. The van der Waals surface area contributed by atoms with Crippen LogP contribution in [0.2, 0.25) is 0 Å². The second kappa shape index (κ2) is 7.94. The molecule has 3 aromatic heterocycles. The summed E-state index contributed by atoms with van der Waals surface area (Å²) in [6.07, 6.45) is 6.63. The minimum absolute atomic E-state index is 0.617. The molecule has 2 fully saturated rings. The highest BCUT2D eigenvalue weighted by Crippen LogP contribution is 2.32. The highest BCUT2D eigenvalue weighted by Gasteiger charge is 2.35. The molecule has 0 N–H and O–H groups in total. The van der Waals surface area contributed by atoms with Crippen LogP contribution in [-0.4, -0.2) is 61.0 Å². The molecule has 6 rings (SSSR count). The molecule has 0 saturated carbocycles. The molecule has 2 aliphatic rings. The SMILES string of the molecule is Cc1ccc(-n2nccn2)c(CN2CC3CC(C2)CN(c2cnc4ccccc4n2)C3)n1. The molecule has 0 radical (unpaired) electrons. The van der Waals surface area contributed by atoms with Gasteiger partial charge in [0.05, 0.1) is 35.3 Å². The smallest absolute Gasteiger partial charge is 0.147 e. The van der Waals surface area contributed by atoms with E-state index in [-0.39, 0.29) is 0 Å². The van der Waals surface area contributed by atoms with Crippen LogP contribution in [0.5, 0.6) is 0 Å². The molecule has 0 aliphatic carbocycles. The molecule has 2 bridgehead atoms. The lowest BCUT2D eigenvalue weighted by atomic mass is 9.84. The minimum atomic E-state index is 0.617. The molecule has 162 valence electrons. The second-order valence-electron chi connectivity index (χ2n) is 9.02. The molecule has 2 unspecified atom stereocenters. The van der Waals surface area contributed by atoms with E-state index in [1.54, 1.807) is 17.2 Å². The van der Waals surface area contributed by atoms with Crippen LogP contribution < -0.4 is 4.90 Å². The van der Waals surface area contributed by atoms with Crippen molar-refractivity contribution in [3.05, 3.63) is 66.4 Å². The maximum absolute atomic E-state index is 4.89. The van der Waals surface area contributed by atoms with Crippen molar-refractivity contribution in [1.82, 2.24) is 34.8 Å². The first kappa shape index (κ1) is 19.3. The molecule has 8 heteroatoms. The molecule has 2 saturated heterocycles. The fourth-order valence-electron chi connectivity index (χ4n) is 5.26. The summed E-state index contributed by atoms with van der Waals surface area (Å²) >= 11 is 0. The Balaban J connectivity index is 1.19. The molecule has 0 amide bonds. The van der Waals surface area contributed by atoms with Gasteiger partial charge in [0.2, 0.25) is 0 Å². The fourth-order valence-corrected chi connectivity index (χ4v) is 5.26. The molecule has 32 heavy (non-hydrogen) atoms. The highest BCUT2D eigenvalue weighted by molar-refractivity contribution is 5.75. The van der Waals surface area contributed by atoms with E-state index in [0.717, 1.165) is 66.7 Å². The first-order valence-electron chi connectivity index (χ1n) is 11.2. The van der Waals surface area contributed by atoms with E-state index in [1.807, 2.05) is 43.5 Å². The molecule has 2 atom stereocenters. The van der Waals surface area contributed by atoms with Crippen LogP contribution in [0.1, 0.15) is 17.8 Å². The van der Waals surface area contributed by atoms with E-state index in [0.29, 0.717) is 11.8 Å². The second-order valence-corrected chi connectivity index (χ2v) is 9.02. The number of fused-ring (bicyclic) bond motifs is 3. The summed E-state index contributed by atoms with van der Waals surface area (Å²) in [6, 6.07) is 12.2. The van der Waals surface area contributed by atoms with E-state index in [9.17, 15) is 0 Å². The van der Waals surface area contributed by atoms with Crippen LogP contribution in [0.4, 0.5) is 5.82 Å². The van der Waals surface area contributed by atoms with Crippen molar-refractivity contribution in [1.29, 1.82) is 0 Å². The third-order valence-electron chi connectivity index (χ3n) is 6.51. The normalized spacial score (nSPS) is 21.2. The number of para-hydroxylation sites is 2. The van der Waals surface area contributed by atoms with Gasteiger partial charge in [0.1, 0.15) is 11.5 Å². The van der Waals surface area contributed by atoms with Gasteiger partial charge in [0, 0.05) is 38.4 Å². The maximum atomic E-state index is 4.89. The van der Waals surface area contributed by atoms with Crippen LogP contribution in [-0.2, 0) is 6.54 Å². The molecule has 4 aromatic rings. The molecule has 8 nitrogen and oxygen atoms in total. The number of aromatic nitrogens is 6. The molecular formula is C24H26N8. The van der Waals surface area contributed by atoms with E-state index >= 15 is 0 Å². The van der Waals surface area contributed by atoms with Crippen molar-refractivity contribution in [2.24, 2.45) is 11.8 Å². The van der Waals surface area contributed by atoms with Gasteiger partial charge in [-0.25, -0.2) is 4.98 Å². The van der Waals surface area contributed by atoms with E-state index in [1.165, 1.54) is 6.42 Å². The number of hydrogen-bond donors (Lipinski definition) is 0. The van der Waals surface area contributed by atoms with Crippen molar-refractivity contribution in [3.63, 3.8) is 0 Å². The largest absolute Gasteiger partial charge is 0.355 e. The van der Waals surface area contributed by atoms with E-state index < -0.39 is 0 Å². The number of benzene rings is 1. The summed E-state index contributed by atoms with van der Waals surface area (Å²) in [5.74, 6) is 2.23. The van der Waals surface area contributed by atoms with Gasteiger partial charge >= 0.3 is 0 Å². The van der Waals surface area contributed by atoms with Crippen LogP contribution in [0.3, 0.4) is 0 Å². The van der Waals surface area contributed by atoms with Crippen molar-refractivity contribution in [3.8, 4) is 5.69 Å². The van der Waals surface area contributed by atoms with Crippen molar-refractivity contribution >= 4 is 16.9 Å². The zero-order chi connectivity index (χ0) is 21.5. The summed E-state index contributed by atoms with van der Waals surface area (Å²) in [5, 5.41) is 8.64. The number of rotatable bonds is 4. The van der Waals surface area contributed by atoms with Gasteiger partial charge in [-0.05, 0) is 49.4 Å². The Hall–Kier alpha value is -3.39. The van der Waals surface area contributed by atoms with E-state index in [4.69, 9.17) is 9.97 Å². The van der Waals surface area contributed by atoms with Crippen LogP contribution in [0, 0.1) is 18.8 Å². The fraction of sp³-hybridized carbons (Fsp3) is 0.375. The van der Waals surface area contributed by atoms with Gasteiger partial charge in [-0.15, -0.1) is 4.80 Å². The molecule has 2 aliphatic heterocycles. The van der Waals surface area contributed by atoms with Gasteiger partial charge in [-0.1, -0.05) is 12.1 Å². The summed E-state index contributed by atoms with van der Waals surface area (Å²) in [4.78, 5) is 21.0. The summed E-state index contributed by atoms with van der Waals surface area (Å²) < 4.78 is 0. The Kier molecular flexibility index (Phi) is 4.79. The lowest BCUT2D eigenvalue weighted by molar-refractivity contribution is 0.101. The molecule has 1 aromatic carbocycles. The number of anilines is 1. The van der Waals surface area contributed by atoms with Crippen molar-refractivity contribution < 1.29 is 0 Å². The molecular weight excluding hydrogens is 400 g/mol. The van der Waals surface area contributed by atoms with Crippen LogP contribution >= 0.6 is 0 Å². The Labute approximate surface area is 186 Å². The van der Waals surface area contributed by atoms with Gasteiger partial charge < -0.3 is 4.90 Å². The van der Waals surface area contributed by atoms with Crippen molar-refractivity contribution in [2.45, 2.75) is 19.9 Å². The maximum Gasteiger partial charge on any atom is 0.147 e. The Morgan fingerprint density at radius 2 is 1.62 bits per heavy atom. The number of likely N-dealkylation sites (tertiary alicyclic amines) is 1. The Morgan fingerprint density at radius 1 is 0.875 bits per heavy atom. The quantitative estimate of drug-likeness (QED) is 0.497. The average Bonchev–Trinajstić information content (AvgIpc) is 3.33. The zero-order valence-electron chi connectivity index (χ0n) is 18.2. The van der Waals surface area contributed by atoms with Crippen LogP contribution in [0.15, 0.2) is 55.0 Å². The highest BCUT2D eigenvalue weighted by atomic mass is 15.5. The predicted molar refractivity (Wildman–Crippen MR) is 123 cm³/mol. The monoisotopic (exact) mass is 426 g/mol. The third-order valence-corrected chi connectivity index (χ3v) is 6.51. The number of aryl methyl sites for hydroxylation is 1. The average molecular weight is 427 g/mol. The van der Waals surface area contributed by atoms with Crippen molar-refractivity contribution in [2.75, 3.05) is 31.1 Å². The Bertz CT molecular complexity index is 1220. The number of piperidine rings is 2. The first-order chi connectivity index (χ1) is 15.7. The number of hydrogen-bond acceptors (Lipinski definition) is 7. The summed E-state index contributed by atoms with van der Waals surface area (Å²) in [7, 11) is 0. The first-order valence-corrected chi connectivity index (χ1v) is 11.2. The Morgan fingerprint density at radius 3 is 2.41 bits per heavy atom. The van der Waals surface area contributed by atoms with Crippen LogP contribution in [0.25, 0.3) is 16.7 Å². The van der Waals surface area contributed by atoms with E-state index in [2.05, 4.69) is 31.0 Å². The predicted octanol–water partition coefficient (Wildman–Crippen LogP) is 2.87. The molecule has 0 spiro atoms. The standard InChI is InChI=1S/C24H26N8/c1-17-6-7-23(32-26-8-9-27-32)22(28-17)16-30-12-18-10-19(13-30)15-31(14-18)24-11-25-20-4-2-3-5-21(20)29-24/h2-9,11,18-19H,10,12-16H2,1H3. The zero-order valence-corrected chi connectivity index (χ0v) is 18.2. The topological polar surface area (TPSA) is 75.9 Å². The summed E-state index contributed by atoms with van der Waals surface area (Å²) in [6.45, 7) is 7.04. The molecule has 5 heterocycles. The lowest BCUT2D eigenvalue weighted by Crippen LogP contribution is -2.52. The number of pyridine rings is 1.